The summed E-state index contributed by atoms with van der Waals surface area (Å²) in [4.78, 5) is 15.1. The zero-order chi connectivity index (χ0) is 46.1. The molecule has 4 heterocycles. The molecule has 2 fully saturated rings. The lowest BCUT2D eigenvalue weighted by atomic mass is 9.99. The second-order valence-corrected chi connectivity index (χ2v) is 23.0. The van der Waals surface area contributed by atoms with Crippen LogP contribution in [-0.4, -0.2) is 87.8 Å². The molecule has 8 rings (SSSR count). The fraction of sp³-hybridized carbons (Fsp3) is 0.400. The normalized spacial score (nSPS) is 15.3. The van der Waals surface area contributed by atoms with Crippen molar-refractivity contribution in [3.63, 3.8) is 0 Å². The number of rotatable bonds is 10. The van der Waals surface area contributed by atoms with Gasteiger partial charge in [-0.1, -0.05) is 71.8 Å². The number of anilines is 2. The number of nitrogens with zero attached hydrogens (tertiary/aromatic N) is 6. The summed E-state index contributed by atoms with van der Waals surface area (Å²) in [5.74, 6) is 0. The van der Waals surface area contributed by atoms with Crippen LogP contribution in [0.25, 0.3) is 0 Å². The molecule has 0 spiro atoms. The Balaban J connectivity index is 0.000000191. The van der Waals surface area contributed by atoms with Crippen LogP contribution in [0.3, 0.4) is 0 Å². The van der Waals surface area contributed by atoms with Crippen LogP contribution in [0.15, 0.2) is 81.2 Å². The lowest BCUT2D eigenvalue weighted by Gasteiger charge is -2.34. The molecule has 0 radical (unpaired) electrons. The van der Waals surface area contributed by atoms with Crippen LogP contribution in [0.1, 0.15) is 78.1 Å². The van der Waals surface area contributed by atoms with E-state index in [4.69, 9.17) is 9.97 Å². The van der Waals surface area contributed by atoms with Crippen molar-refractivity contribution in [3.05, 3.63) is 150 Å². The first-order valence-electron chi connectivity index (χ1n) is 22.0. The molecule has 0 atom stereocenters. The molecule has 2 aliphatic rings. The molecule has 340 valence electrons. The molecule has 0 amide bonds. The minimum Gasteiger partial charge on any atom is -0.345 e. The van der Waals surface area contributed by atoms with Gasteiger partial charge >= 0.3 is 0 Å². The van der Waals surface area contributed by atoms with Gasteiger partial charge in [-0.25, -0.2) is 26.8 Å². The lowest BCUT2D eigenvalue weighted by Crippen LogP contribution is -2.48. The van der Waals surface area contributed by atoms with Gasteiger partial charge in [0.1, 0.15) is 0 Å². The molecule has 0 unspecified atom stereocenters. The van der Waals surface area contributed by atoms with Crippen LogP contribution in [0.5, 0.6) is 0 Å². The van der Waals surface area contributed by atoms with Gasteiger partial charge in [0.2, 0.25) is 20.0 Å². The molecule has 0 N–H and O–H groups in total. The zero-order valence-electron chi connectivity index (χ0n) is 38.9. The number of hydrogen-bond donors (Lipinski definition) is 0. The number of thiazole rings is 2. The van der Waals surface area contributed by atoms with Gasteiger partial charge in [-0.3, -0.25) is 0 Å². The van der Waals surface area contributed by atoms with Gasteiger partial charge < -0.3 is 9.80 Å². The average molecular weight is 939 g/mol. The van der Waals surface area contributed by atoms with E-state index in [1.54, 1.807) is 31.3 Å². The number of aromatic nitrogens is 2. The van der Waals surface area contributed by atoms with Gasteiger partial charge in [0.15, 0.2) is 10.3 Å². The highest BCUT2D eigenvalue weighted by molar-refractivity contribution is 7.89. The molecule has 2 saturated heterocycles. The van der Waals surface area contributed by atoms with Crippen molar-refractivity contribution in [3.8, 4) is 0 Å². The van der Waals surface area contributed by atoms with Crippen molar-refractivity contribution in [2.75, 3.05) is 62.2 Å². The maximum Gasteiger partial charge on any atom is 0.243 e. The number of hydrogen-bond acceptors (Lipinski definition) is 10. The maximum atomic E-state index is 13.3. The molecule has 2 aromatic heterocycles. The Bertz CT molecular complexity index is 2800. The Morgan fingerprint density at radius 3 is 1.28 bits per heavy atom. The Morgan fingerprint density at radius 1 is 0.484 bits per heavy atom. The molecule has 0 bridgehead atoms. The van der Waals surface area contributed by atoms with E-state index in [1.807, 2.05) is 65.8 Å². The van der Waals surface area contributed by atoms with E-state index < -0.39 is 20.0 Å². The molecule has 4 aromatic carbocycles. The van der Waals surface area contributed by atoms with E-state index in [-0.39, 0.29) is 0 Å². The molecular formula is C50H62N6O4S4. The lowest BCUT2D eigenvalue weighted by molar-refractivity contribution is 0.384. The monoisotopic (exact) mass is 938 g/mol. The van der Waals surface area contributed by atoms with E-state index in [0.717, 1.165) is 67.9 Å². The summed E-state index contributed by atoms with van der Waals surface area (Å²) in [5, 5.41) is 6.21. The minimum atomic E-state index is -3.50. The third-order valence-corrected chi connectivity index (χ3v) is 18.9. The Kier molecular flexibility index (Phi) is 14.5. The summed E-state index contributed by atoms with van der Waals surface area (Å²) < 4.78 is 56.6. The minimum absolute atomic E-state index is 0.460. The first kappa shape index (κ1) is 47.5. The third kappa shape index (κ3) is 10.3. The van der Waals surface area contributed by atoms with E-state index in [2.05, 4.69) is 84.7 Å². The molecule has 64 heavy (non-hydrogen) atoms. The quantitative estimate of drug-likeness (QED) is 0.134. The number of piperazine rings is 2. The zero-order valence-corrected chi connectivity index (χ0v) is 42.2. The third-order valence-electron chi connectivity index (χ3n) is 12.6. The smallest absolute Gasteiger partial charge is 0.243 e. The Hall–Kier alpha value is -4.44. The Labute approximate surface area is 389 Å². The van der Waals surface area contributed by atoms with E-state index >= 15 is 0 Å². The second-order valence-electron chi connectivity index (χ2n) is 17.6. The number of sulfonamides is 2. The van der Waals surface area contributed by atoms with Gasteiger partial charge in [-0.2, -0.15) is 8.61 Å². The summed E-state index contributed by atoms with van der Waals surface area (Å²) in [5.41, 5.74) is 15.4. The summed E-state index contributed by atoms with van der Waals surface area (Å²) in [6.07, 6.45) is 1.65. The first-order chi connectivity index (χ1) is 30.3. The van der Waals surface area contributed by atoms with E-state index in [1.165, 1.54) is 33.4 Å². The molecule has 10 nitrogen and oxygen atoms in total. The van der Waals surface area contributed by atoms with Gasteiger partial charge in [-0.15, -0.1) is 22.7 Å². The fourth-order valence-electron chi connectivity index (χ4n) is 9.20. The second kappa shape index (κ2) is 19.6. The predicted molar refractivity (Wildman–Crippen MR) is 265 cm³/mol. The van der Waals surface area contributed by atoms with Gasteiger partial charge in [0.05, 0.1) is 21.2 Å². The van der Waals surface area contributed by atoms with Crippen molar-refractivity contribution >= 4 is 53.0 Å². The Morgan fingerprint density at radius 2 is 0.859 bits per heavy atom. The molecule has 0 saturated carbocycles. The van der Waals surface area contributed by atoms with Gasteiger partial charge in [0.25, 0.3) is 0 Å². The van der Waals surface area contributed by atoms with Crippen molar-refractivity contribution in [1.29, 1.82) is 0 Å². The average Bonchev–Trinajstić information content (AvgIpc) is 3.91. The van der Waals surface area contributed by atoms with Crippen molar-refractivity contribution < 1.29 is 16.8 Å². The van der Waals surface area contributed by atoms with Crippen molar-refractivity contribution in [1.82, 2.24) is 18.6 Å². The van der Waals surface area contributed by atoms with Crippen LogP contribution in [0, 0.1) is 69.2 Å². The van der Waals surface area contributed by atoms with Crippen LogP contribution >= 0.6 is 22.7 Å². The topological polar surface area (TPSA) is 107 Å². The molecule has 2 aliphatic heterocycles. The molecule has 6 aromatic rings. The fourth-order valence-corrected chi connectivity index (χ4v) is 14.6. The van der Waals surface area contributed by atoms with Crippen molar-refractivity contribution in [2.45, 2.75) is 91.9 Å². The summed E-state index contributed by atoms with van der Waals surface area (Å²) in [7, 11) is -7.00. The summed E-state index contributed by atoms with van der Waals surface area (Å²) >= 11 is 3.29. The SMILES string of the molecule is Cc1cc(C)c(S(=O)(=O)N2CCN(c3nc(Cc4c(C)cccc4C)cs3)CC2)c(C)c1.Cc1cc(C)c(S(=O)(=O)N2CCN(c3nc(Cc4cccc(C)c4C)cs3)CC2)c(C)c1. The van der Waals surface area contributed by atoms with Crippen LogP contribution in [0.2, 0.25) is 0 Å². The van der Waals surface area contributed by atoms with Crippen molar-refractivity contribution in [2.24, 2.45) is 0 Å². The summed E-state index contributed by atoms with van der Waals surface area (Å²) in [6.45, 7) is 24.6. The summed E-state index contributed by atoms with van der Waals surface area (Å²) in [6, 6.07) is 20.6. The van der Waals surface area contributed by atoms with Crippen LogP contribution in [-0.2, 0) is 32.9 Å². The van der Waals surface area contributed by atoms with Gasteiger partial charge in [-0.05, 0) is 125 Å². The number of aryl methyl sites for hydroxylation is 9. The van der Waals surface area contributed by atoms with Crippen LogP contribution < -0.4 is 9.80 Å². The molecule has 14 heteroatoms. The maximum absolute atomic E-state index is 13.3. The van der Waals surface area contributed by atoms with E-state index in [9.17, 15) is 16.8 Å². The highest BCUT2D eigenvalue weighted by Crippen LogP contribution is 2.31. The highest BCUT2D eigenvalue weighted by Gasteiger charge is 2.33. The standard InChI is InChI=1S/2C25H31N3O2S2/c1-17-13-19(3)24(20(4)14-17)32(29,30)28-11-9-27(10-12-28)25-26-23(16-31-25)15-22-8-6-7-18(2)21(22)5;1-17-13-20(4)24(21(5)14-17)32(29,30)28-11-9-27(10-12-28)25-26-22(16-31-25)15-23-18(2)7-6-8-19(23)3/h2*6-8,13-14,16H,9-12,15H2,1-5H3. The van der Waals surface area contributed by atoms with Gasteiger partial charge in [0, 0.05) is 76.0 Å². The molecule has 0 aliphatic carbocycles. The first-order valence-corrected chi connectivity index (χ1v) is 26.6. The predicted octanol–water partition coefficient (Wildman–Crippen LogP) is 9.57. The highest BCUT2D eigenvalue weighted by atomic mass is 32.2. The molecular weight excluding hydrogens is 877 g/mol. The number of benzene rings is 4. The van der Waals surface area contributed by atoms with E-state index in [0.29, 0.717) is 62.1 Å². The largest absolute Gasteiger partial charge is 0.345 e. The van der Waals surface area contributed by atoms with Crippen LogP contribution in [0.4, 0.5) is 10.3 Å².